The van der Waals surface area contributed by atoms with Crippen LogP contribution in [0.4, 0.5) is 9.52 Å². The van der Waals surface area contributed by atoms with Gasteiger partial charge in [0.2, 0.25) is 5.13 Å². The number of thioether (sulfide) groups is 1. The van der Waals surface area contributed by atoms with Crippen molar-refractivity contribution in [2.45, 2.75) is 36.4 Å². The van der Waals surface area contributed by atoms with Crippen LogP contribution in [0.2, 0.25) is 0 Å². The van der Waals surface area contributed by atoms with Crippen molar-refractivity contribution in [1.82, 2.24) is 10.2 Å². The molecule has 8 heteroatoms. The van der Waals surface area contributed by atoms with Gasteiger partial charge in [0.15, 0.2) is 4.34 Å². The third-order valence-electron chi connectivity index (χ3n) is 2.82. The molecule has 0 fully saturated rings. The second kappa shape index (κ2) is 8.83. The summed E-state index contributed by atoms with van der Waals surface area (Å²) in [5.41, 5.74) is 0.951. The van der Waals surface area contributed by atoms with Gasteiger partial charge in [0.05, 0.1) is 6.61 Å². The monoisotopic (exact) mass is 355 g/mol. The normalized spacial score (nSPS) is 12.0. The largest absolute Gasteiger partial charge is 0.465 e. The summed E-state index contributed by atoms with van der Waals surface area (Å²) in [4.78, 5) is 11.7. The maximum absolute atomic E-state index is 12.8. The van der Waals surface area contributed by atoms with Crippen LogP contribution in [0.5, 0.6) is 0 Å². The fraction of sp³-hybridized carbons (Fsp3) is 0.400. The number of ether oxygens (including phenoxy) is 1. The lowest BCUT2D eigenvalue weighted by molar-refractivity contribution is -0.142. The third-order valence-corrected chi connectivity index (χ3v) is 4.86. The van der Waals surface area contributed by atoms with Gasteiger partial charge in [-0.25, -0.2) is 4.39 Å². The van der Waals surface area contributed by atoms with E-state index >= 15 is 0 Å². The van der Waals surface area contributed by atoms with Crippen molar-refractivity contribution in [3.8, 4) is 0 Å². The summed E-state index contributed by atoms with van der Waals surface area (Å²) in [6.07, 6.45) is 0.805. The number of carbonyl (C=O) groups is 1. The number of benzene rings is 1. The van der Waals surface area contributed by atoms with E-state index in [1.807, 2.05) is 6.92 Å². The molecule has 0 radical (unpaired) electrons. The lowest BCUT2D eigenvalue weighted by Gasteiger charge is -2.08. The molecule has 5 nitrogen and oxygen atoms in total. The highest BCUT2D eigenvalue weighted by atomic mass is 32.2. The summed E-state index contributed by atoms with van der Waals surface area (Å²) in [5.74, 6) is -0.500. The Kier molecular flexibility index (Phi) is 6.79. The number of aromatic nitrogens is 2. The molecule has 0 aliphatic heterocycles. The Morgan fingerprint density at radius 3 is 2.83 bits per heavy atom. The van der Waals surface area contributed by atoms with Gasteiger partial charge in [-0.2, -0.15) is 0 Å². The highest BCUT2D eigenvalue weighted by Crippen LogP contribution is 2.29. The van der Waals surface area contributed by atoms with Crippen LogP contribution in [0.1, 0.15) is 25.8 Å². The first-order valence-corrected chi connectivity index (χ1v) is 8.93. The van der Waals surface area contributed by atoms with Gasteiger partial charge in [-0.3, -0.25) is 4.79 Å². The van der Waals surface area contributed by atoms with E-state index in [0.717, 1.165) is 12.0 Å². The van der Waals surface area contributed by atoms with Crippen LogP contribution in [-0.2, 0) is 16.1 Å². The molecule has 1 heterocycles. The van der Waals surface area contributed by atoms with Crippen LogP contribution in [0.15, 0.2) is 28.6 Å². The standard InChI is InChI=1S/C15H18FN3O2S2/c1-3-8-21-13(20)10(2)22-15-19-18-14(23-15)17-9-11-4-6-12(16)7-5-11/h4-7,10H,3,8-9H2,1-2H3,(H,17,18). The first-order valence-electron chi connectivity index (χ1n) is 7.23. The van der Waals surface area contributed by atoms with Gasteiger partial charge < -0.3 is 10.1 Å². The topological polar surface area (TPSA) is 64.1 Å². The van der Waals surface area contributed by atoms with E-state index in [1.54, 1.807) is 19.1 Å². The lowest BCUT2D eigenvalue weighted by Crippen LogP contribution is -2.17. The summed E-state index contributed by atoms with van der Waals surface area (Å²) < 4.78 is 18.6. The maximum Gasteiger partial charge on any atom is 0.319 e. The van der Waals surface area contributed by atoms with Gasteiger partial charge in [0.1, 0.15) is 11.1 Å². The Labute approximate surface area is 142 Å². The SMILES string of the molecule is CCCOC(=O)C(C)Sc1nnc(NCc2ccc(F)cc2)s1. The fourth-order valence-electron chi connectivity index (χ4n) is 1.63. The van der Waals surface area contributed by atoms with E-state index in [9.17, 15) is 9.18 Å². The predicted molar refractivity (Wildman–Crippen MR) is 90.2 cm³/mol. The number of carbonyl (C=O) groups excluding carboxylic acids is 1. The smallest absolute Gasteiger partial charge is 0.319 e. The average molecular weight is 355 g/mol. The molecule has 0 spiro atoms. The van der Waals surface area contributed by atoms with E-state index in [-0.39, 0.29) is 17.0 Å². The van der Waals surface area contributed by atoms with Crippen molar-refractivity contribution in [2.24, 2.45) is 0 Å². The predicted octanol–water partition coefficient (Wildman–Crippen LogP) is 3.72. The highest BCUT2D eigenvalue weighted by Gasteiger charge is 2.18. The molecule has 0 aliphatic carbocycles. The quantitative estimate of drug-likeness (QED) is 0.575. The molecule has 1 N–H and O–H groups in total. The van der Waals surface area contributed by atoms with E-state index in [2.05, 4.69) is 15.5 Å². The molecule has 1 atom stereocenters. The van der Waals surface area contributed by atoms with Gasteiger partial charge in [-0.1, -0.05) is 42.2 Å². The summed E-state index contributed by atoms with van der Waals surface area (Å²) >= 11 is 2.70. The molecule has 124 valence electrons. The fourth-order valence-corrected chi connectivity index (χ4v) is 3.52. The van der Waals surface area contributed by atoms with Crippen molar-refractivity contribution >= 4 is 34.2 Å². The van der Waals surface area contributed by atoms with Gasteiger partial charge in [0, 0.05) is 6.54 Å². The van der Waals surface area contributed by atoms with Crippen LogP contribution in [0.3, 0.4) is 0 Å². The first-order chi connectivity index (χ1) is 11.1. The molecule has 2 rings (SSSR count). The zero-order valence-electron chi connectivity index (χ0n) is 12.9. The summed E-state index contributed by atoms with van der Waals surface area (Å²) in [6.45, 7) is 4.71. The van der Waals surface area contributed by atoms with Gasteiger partial charge in [-0.15, -0.1) is 10.2 Å². The average Bonchev–Trinajstić information content (AvgIpc) is 2.99. The van der Waals surface area contributed by atoms with E-state index in [1.165, 1.54) is 35.2 Å². The van der Waals surface area contributed by atoms with Crippen molar-refractivity contribution < 1.29 is 13.9 Å². The number of esters is 1. The molecule has 0 aliphatic rings. The number of rotatable bonds is 8. The minimum Gasteiger partial charge on any atom is -0.465 e. The number of nitrogens with one attached hydrogen (secondary N) is 1. The molecular weight excluding hydrogens is 337 g/mol. The summed E-state index contributed by atoms with van der Waals surface area (Å²) in [7, 11) is 0. The number of nitrogens with zero attached hydrogens (tertiary/aromatic N) is 2. The second-order valence-corrected chi connectivity index (χ2v) is 7.35. The van der Waals surface area contributed by atoms with Crippen LogP contribution >= 0.6 is 23.1 Å². The van der Waals surface area contributed by atoms with Crippen molar-refractivity contribution in [2.75, 3.05) is 11.9 Å². The molecule has 0 bridgehead atoms. The molecule has 0 saturated carbocycles. The van der Waals surface area contributed by atoms with E-state index in [4.69, 9.17) is 4.74 Å². The summed E-state index contributed by atoms with van der Waals surface area (Å²) in [6, 6.07) is 6.26. The van der Waals surface area contributed by atoms with Crippen LogP contribution in [0.25, 0.3) is 0 Å². The van der Waals surface area contributed by atoms with Crippen LogP contribution in [0, 0.1) is 5.82 Å². The first kappa shape index (κ1) is 17.7. The molecule has 0 saturated heterocycles. The minimum absolute atomic E-state index is 0.243. The van der Waals surface area contributed by atoms with Crippen molar-refractivity contribution in [3.05, 3.63) is 35.6 Å². The summed E-state index contributed by atoms with van der Waals surface area (Å²) in [5, 5.41) is 11.5. The van der Waals surface area contributed by atoms with E-state index in [0.29, 0.717) is 22.6 Å². The maximum atomic E-state index is 12.8. The second-order valence-electron chi connectivity index (χ2n) is 4.78. The molecule has 23 heavy (non-hydrogen) atoms. The Balaban J connectivity index is 1.83. The number of hydrogen-bond donors (Lipinski definition) is 1. The molecule has 1 aromatic heterocycles. The Morgan fingerprint density at radius 2 is 2.13 bits per heavy atom. The van der Waals surface area contributed by atoms with Gasteiger partial charge >= 0.3 is 5.97 Å². The number of halogens is 1. The Bertz CT molecular complexity index is 634. The Hall–Kier alpha value is -1.67. The van der Waals surface area contributed by atoms with Gasteiger partial charge in [-0.05, 0) is 31.0 Å². The van der Waals surface area contributed by atoms with E-state index < -0.39 is 0 Å². The molecule has 1 unspecified atom stereocenters. The van der Waals surface area contributed by atoms with Crippen molar-refractivity contribution in [3.63, 3.8) is 0 Å². The zero-order chi connectivity index (χ0) is 16.7. The molecule has 1 aromatic carbocycles. The third kappa shape index (κ3) is 5.80. The highest BCUT2D eigenvalue weighted by molar-refractivity contribution is 8.02. The van der Waals surface area contributed by atoms with Crippen LogP contribution < -0.4 is 5.32 Å². The Morgan fingerprint density at radius 1 is 1.39 bits per heavy atom. The lowest BCUT2D eigenvalue weighted by atomic mass is 10.2. The van der Waals surface area contributed by atoms with Gasteiger partial charge in [0.25, 0.3) is 0 Å². The number of hydrogen-bond acceptors (Lipinski definition) is 7. The zero-order valence-corrected chi connectivity index (χ0v) is 14.5. The molecule has 0 amide bonds. The molecular formula is C15H18FN3O2S2. The van der Waals surface area contributed by atoms with Crippen molar-refractivity contribution in [1.29, 1.82) is 0 Å². The minimum atomic E-state index is -0.320. The van der Waals surface area contributed by atoms with Crippen LogP contribution in [-0.4, -0.2) is 28.0 Å². The number of anilines is 1. The molecule has 2 aromatic rings.